The van der Waals surface area contributed by atoms with Gasteiger partial charge in [-0.05, 0) is 48.3 Å². The molecular formula is C11H13FS2. The van der Waals surface area contributed by atoms with Gasteiger partial charge in [-0.15, -0.1) is 11.8 Å². The SMILES string of the molecule is Fc1ccc(SCC2(CS)CC2)cc1. The van der Waals surface area contributed by atoms with Gasteiger partial charge in [0.25, 0.3) is 0 Å². The summed E-state index contributed by atoms with van der Waals surface area (Å²) in [5, 5.41) is 0. The zero-order valence-corrected chi connectivity index (χ0v) is 9.58. The maximum atomic E-state index is 12.6. The van der Waals surface area contributed by atoms with E-state index in [4.69, 9.17) is 0 Å². The van der Waals surface area contributed by atoms with Gasteiger partial charge in [-0.3, -0.25) is 0 Å². The maximum absolute atomic E-state index is 12.6. The molecule has 0 nitrogen and oxygen atoms in total. The third-order valence-corrected chi connectivity index (χ3v) is 4.68. The summed E-state index contributed by atoms with van der Waals surface area (Å²) in [6, 6.07) is 6.72. The minimum Gasteiger partial charge on any atom is -0.207 e. The second kappa shape index (κ2) is 4.15. The first kappa shape index (κ1) is 10.4. The molecule has 3 heteroatoms. The molecule has 1 aliphatic carbocycles. The summed E-state index contributed by atoms with van der Waals surface area (Å²) in [5.74, 6) is 1.92. The lowest BCUT2D eigenvalue weighted by Crippen LogP contribution is -2.05. The Morgan fingerprint density at radius 1 is 1.29 bits per heavy atom. The summed E-state index contributed by atoms with van der Waals surface area (Å²) >= 11 is 6.16. The van der Waals surface area contributed by atoms with Crippen LogP contribution in [-0.2, 0) is 0 Å². The number of halogens is 1. The summed E-state index contributed by atoms with van der Waals surface area (Å²) in [7, 11) is 0. The zero-order chi connectivity index (χ0) is 10.0. The lowest BCUT2D eigenvalue weighted by atomic mass is 10.2. The summed E-state index contributed by atoms with van der Waals surface area (Å²) in [6.07, 6.45) is 2.59. The van der Waals surface area contributed by atoms with E-state index in [2.05, 4.69) is 12.6 Å². The van der Waals surface area contributed by atoms with E-state index in [1.54, 1.807) is 0 Å². The first-order valence-electron chi connectivity index (χ1n) is 4.73. The van der Waals surface area contributed by atoms with E-state index in [9.17, 15) is 4.39 Å². The molecule has 0 saturated heterocycles. The number of rotatable bonds is 4. The molecule has 0 atom stereocenters. The Morgan fingerprint density at radius 2 is 1.93 bits per heavy atom. The predicted molar refractivity (Wildman–Crippen MR) is 62.6 cm³/mol. The molecule has 0 radical (unpaired) electrons. The van der Waals surface area contributed by atoms with Crippen molar-refractivity contribution in [2.24, 2.45) is 5.41 Å². The highest BCUT2D eigenvalue weighted by atomic mass is 32.2. The van der Waals surface area contributed by atoms with Crippen LogP contribution in [0.5, 0.6) is 0 Å². The lowest BCUT2D eigenvalue weighted by molar-refractivity contribution is 0.626. The highest BCUT2D eigenvalue weighted by Gasteiger charge is 2.40. The average molecular weight is 228 g/mol. The number of benzene rings is 1. The van der Waals surface area contributed by atoms with Crippen LogP contribution in [0, 0.1) is 11.2 Å². The van der Waals surface area contributed by atoms with Crippen molar-refractivity contribution in [3.05, 3.63) is 30.1 Å². The van der Waals surface area contributed by atoms with E-state index in [1.807, 2.05) is 23.9 Å². The smallest absolute Gasteiger partial charge is 0.123 e. The van der Waals surface area contributed by atoms with E-state index < -0.39 is 0 Å². The van der Waals surface area contributed by atoms with E-state index in [-0.39, 0.29) is 5.82 Å². The van der Waals surface area contributed by atoms with Crippen molar-refractivity contribution in [3.8, 4) is 0 Å². The number of hydrogen-bond acceptors (Lipinski definition) is 2. The molecule has 0 amide bonds. The van der Waals surface area contributed by atoms with E-state index in [1.165, 1.54) is 25.0 Å². The number of hydrogen-bond donors (Lipinski definition) is 1. The molecule has 0 spiro atoms. The molecule has 14 heavy (non-hydrogen) atoms. The van der Waals surface area contributed by atoms with Crippen LogP contribution in [0.1, 0.15) is 12.8 Å². The van der Waals surface area contributed by atoms with Gasteiger partial charge < -0.3 is 0 Å². The Hall–Kier alpha value is -0.150. The minimum absolute atomic E-state index is 0.162. The van der Waals surface area contributed by atoms with Crippen molar-refractivity contribution in [2.75, 3.05) is 11.5 Å². The molecule has 1 aromatic carbocycles. The molecule has 1 fully saturated rings. The fraction of sp³-hybridized carbons (Fsp3) is 0.455. The molecule has 76 valence electrons. The lowest BCUT2D eigenvalue weighted by Gasteiger charge is -2.10. The van der Waals surface area contributed by atoms with Gasteiger partial charge in [-0.2, -0.15) is 12.6 Å². The van der Waals surface area contributed by atoms with Crippen molar-refractivity contribution in [3.63, 3.8) is 0 Å². The summed E-state index contributed by atoms with van der Waals surface area (Å²) in [5.41, 5.74) is 0.474. The second-order valence-corrected chi connectivity index (χ2v) is 5.27. The predicted octanol–water partition coefficient (Wildman–Crippen LogP) is 3.63. The molecule has 1 aromatic rings. The van der Waals surface area contributed by atoms with Crippen LogP contribution in [0.3, 0.4) is 0 Å². The first-order chi connectivity index (χ1) is 6.74. The molecule has 1 aliphatic rings. The molecule has 0 unspecified atom stereocenters. The fourth-order valence-electron chi connectivity index (χ4n) is 1.29. The molecule has 0 heterocycles. The highest BCUT2D eigenvalue weighted by Crippen LogP contribution is 2.49. The largest absolute Gasteiger partial charge is 0.207 e. The van der Waals surface area contributed by atoms with E-state index >= 15 is 0 Å². The van der Waals surface area contributed by atoms with Crippen LogP contribution in [0.2, 0.25) is 0 Å². The average Bonchev–Trinajstić information content (AvgIpc) is 2.98. The molecule has 0 N–H and O–H groups in total. The third-order valence-electron chi connectivity index (χ3n) is 2.65. The first-order valence-corrected chi connectivity index (χ1v) is 6.35. The van der Waals surface area contributed by atoms with Crippen LogP contribution in [0.15, 0.2) is 29.2 Å². The molecule has 1 saturated carbocycles. The molecule has 0 bridgehead atoms. The Kier molecular flexibility index (Phi) is 3.07. The van der Waals surface area contributed by atoms with Crippen LogP contribution in [-0.4, -0.2) is 11.5 Å². The summed E-state index contributed by atoms with van der Waals surface area (Å²) in [4.78, 5) is 1.15. The standard InChI is InChI=1S/C11H13FS2/c12-9-1-3-10(4-2-9)14-8-11(7-13)5-6-11/h1-4,13H,5-8H2. The van der Waals surface area contributed by atoms with Crippen LogP contribution in [0.4, 0.5) is 4.39 Å². The Bertz CT molecular complexity index is 304. The zero-order valence-electron chi connectivity index (χ0n) is 7.87. The minimum atomic E-state index is -0.162. The molecule has 0 aromatic heterocycles. The molecule has 2 rings (SSSR count). The second-order valence-electron chi connectivity index (χ2n) is 3.90. The van der Waals surface area contributed by atoms with Crippen molar-refractivity contribution in [1.29, 1.82) is 0 Å². The fourth-order valence-corrected chi connectivity index (χ4v) is 3.06. The van der Waals surface area contributed by atoms with Crippen molar-refractivity contribution < 1.29 is 4.39 Å². The normalized spacial score (nSPS) is 18.1. The maximum Gasteiger partial charge on any atom is 0.123 e. The van der Waals surface area contributed by atoms with Gasteiger partial charge >= 0.3 is 0 Å². The van der Waals surface area contributed by atoms with Crippen LogP contribution in [0.25, 0.3) is 0 Å². The molecular weight excluding hydrogens is 215 g/mol. The Balaban J connectivity index is 1.89. The Morgan fingerprint density at radius 3 is 2.43 bits per heavy atom. The topological polar surface area (TPSA) is 0 Å². The van der Waals surface area contributed by atoms with Crippen molar-refractivity contribution in [2.45, 2.75) is 17.7 Å². The quantitative estimate of drug-likeness (QED) is 0.606. The van der Waals surface area contributed by atoms with Gasteiger partial charge in [0.1, 0.15) is 5.82 Å². The van der Waals surface area contributed by atoms with E-state index in [0.29, 0.717) is 5.41 Å². The summed E-state index contributed by atoms with van der Waals surface area (Å²) in [6.45, 7) is 0. The van der Waals surface area contributed by atoms with Gasteiger partial charge in [0, 0.05) is 10.6 Å². The van der Waals surface area contributed by atoms with Crippen LogP contribution < -0.4 is 0 Å². The molecule has 0 aliphatic heterocycles. The highest BCUT2D eigenvalue weighted by molar-refractivity contribution is 7.99. The third kappa shape index (κ3) is 2.45. The van der Waals surface area contributed by atoms with E-state index in [0.717, 1.165) is 16.4 Å². The number of thioether (sulfide) groups is 1. The van der Waals surface area contributed by atoms with Gasteiger partial charge in [0.2, 0.25) is 0 Å². The van der Waals surface area contributed by atoms with Gasteiger partial charge in [0.05, 0.1) is 0 Å². The number of thiol groups is 1. The Labute approximate surface area is 93.7 Å². The monoisotopic (exact) mass is 228 g/mol. The summed E-state index contributed by atoms with van der Waals surface area (Å²) < 4.78 is 12.6. The van der Waals surface area contributed by atoms with Crippen molar-refractivity contribution >= 4 is 24.4 Å². The van der Waals surface area contributed by atoms with Gasteiger partial charge in [0.15, 0.2) is 0 Å². The van der Waals surface area contributed by atoms with Gasteiger partial charge in [-0.25, -0.2) is 4.39 Å². The van der Waals surface area contributed by atoms with Gasteiger partial charge in [-0.1, -0.05) is 0 Å². The van der Waals surface area contributed by atoms with Crippen LogP contribution >= 0.6 is 24.4 Å². The van der Waals surface area contributed by atoms with Crippen molar-refractivity contribution in [1.82, 2.24) is 0 Å².